The number of thioether (sulfide) groups is 1. The van der Waals surface area contributed by atoms with Crippen molar-refractivity contribution < 1.29 is 9.66 Å². The van der Waals surface area contributed by atoms with Gasteiger partial charge in [0.05, 0.1) is 23.0 Å². The summed E-state index contributed by atoms with van der Waals surface area (Å²) in [5.74, 6) is 0. The summed E-state index contributed by atoms with van der Waals surface area (Å²) in [6, 6.07) is 8.60. The molecular weight excluding hydrogens is 290 g/mol. The van der Waals surface area contributed by atoms with Gasteiger partial charge >= 0.3 is 0 Å². The largest absolute Gasteiger partial charge is 0.378 e. The molecule has 7 heteroatoms. The van der Waals surface area contributed by atoms with Gasteiger partial charge in [-0.2, -0.15) is 5.26 Å². The summed E-state index contributed by atoms with van der Waals surface area (Å²) in [6.07, 6.45) is 0. The van der Waals surface area contributed by atoms with E-state index in [4.69, 9.17) is 4.74 Å². The van der Waals surface area contributed by atoms with E-state index in [-0.39, 0.29) is 5.69 Å². The standard InChI is InChI=1S/C14H15N3O3S/c1-11(16-6-8-20-9-7-16)14(10-15)21-13-5-3-2-4-12(13)17(18)19/h2-5H,6-9H2,1H3/b14-11+. The molecule has 1 aliphatic heterocycles. The first-order chi connectivity index (χ1) is 10.1. The molecule has 110 valence electrons. The molecule has 0 N–H and O–H groups in total. The molecule has 0 aliphatic carbocycles. The molecule has 0 aromatic heterocycles. The smallest absolute Gasteiger partial charge is 0.283 e. The normalized spacial score (nSPS) is 16.1. The average molecular weight is 305 g/mol. The summed E-state index contributed by atoms with van der Waals surface area (Å²) in [7, 11) is 0. The fourth-order valence-corrected chi connectivity index (χ4v) is 2.96. The van der Waals surface area contributed by atoms with Crippen LogP contribution in [0.2, 0.25) is 0 Å². The van der Waals surface area contributed by atoms with Gasteiger partial charge in [0.2, 0.25) is 0 Å². The quantitative estimate of drug-likeness (QED) is 0.368. The van der Waals surface area contributed by atoms with Gasteiger partial charge in [0.1, 0.15) is 11.0 Å². The van der Waals surface area contributed by atoms with Crippen LogP contribution in [0.3, 0.4) is 0 Å². The molecule has 0 spiro atoms. The molecule has 1 aromatic carbocycles. The molecule has 1 aromatic rings. The van der Waals surface area contributed by atoms with Gasteiger partial charge in [-0.15, -0.1) is 0 Å². The van der Waals surface area contributed by atoms with Crippen LogP contribution in [0.15, 0.2) is 39.8 Å². The third-order valence-corrected chi connectivity index (χ3v) is 4.35. The second kappa shape index (κ2) is 7.11. The lowest BCUT2D eigenvalue weighted by molar-refractivity contribution is -0.387. The van der Waals surface area contributed by atoms with E-state index < -0.39 is 4.92 Å². The van der Waals surface area contributed by atoms with Crippen LogP contribution >= 0.6 is 11.8 Å². The Labute approximate surface area is 127 Å². The molecular formula is C14H15N3O3S. The topological polar surface area (TPSA) is 79.4 Å². The van der Waals surface area contributed by atoms with E-state index in [1.807, 2.05) is 6.92 Å². The maximum Gasteiger partial charge on any atom is 0.283 e. The Bertz CT molecular complexity index is 604. The highest BCUT2D eigenvalue weighted by Crippen LogP contribution is 2.35. The number of rotatable bonds is 4. The molecule has 21 heavy (non-hydrogen) atoms. The molecule has 0 bridgehead atoms. The van der Waals surface area contributed by atoms with Crippen LogP contribution in [0.5, 0.6) is 0 Å². The third-order valence-electron chi connectivity index (χ3n) is 3.19. The monoisotopic (exact) mass is 305 g/mol. The third kappa shape index (κ3) is 3.74. The Morgan fingerprint density at radius 2 is 2.10 bits per heavy atom. The van der Waals surface area contributed by atoms with Crippen molar-refractivity contribution in [2.45, 2.75) is 11.8 Å². The van der Waals surface area contributed by atoms with E-state index in [1.165, 1.54) is 6.07 Å². The van der Waals surface area contributed by atoms with Gasteiger partial charge in [0, 0.05) is 24.9 Å². The van der Waals surface area contributed by atoms with E-state index in [0.29, 0.717) is 23.0 Å². The van der Waals surface area contributed by atoms with Crippen molar-refractivity contribution in [1.29, 1.82) is 5.26 Å². The van der Waals surface area contributed by atoms with Crippen molar-refractivity contribution >= 4 is 17.4 Å². The number of benzene rings is 1. The van der Waals surface area contributed by atoms with Crippen molar-refractivity contribution in [3.05, 3.63) is 45.0 Å². The van der Waals surface area contributed by atoms with Crippen molar-refractivity contribution in [2.24, 2.45) is 0 Å². The lowest BCUT2D eigenvalue weighted by Gasteiger charge is -2.29. The molecule has 1 saturated heterocycles. The summed E-state index contributed by atoms with van der Waals surface area (Å²) >= 11 is 1.14. The maximum absolute atomic E-state index is 11.0. The van der Waals surface area contributed by atoms with Crippen LogP contribution in [0.1, 0.15) is 6.92 Å². The Hall–Kier alpha value is -2.04. The molecule has 0 unspecified atom stereocenters. The van der Waals surface area contributed by atoms with E-state index >= 15 is 0 Å². The van der Waals surface area contributed by atoms with Crippen LogP contribution in [-0.2, 0) is 4.74 Å². The SMILES string of the molecule is C/C(=C(/C#N)Sc1ccccc1[N+](=O)[O-])N1CCOCC1. The molecule has 0 atom stereocenters. The predicted octanol–water partition coefficient (Wildman–Crippen LogP) is 2.77. The first-order valence-electron chi connectivity index (χ1n) is 6.48. The fraction of sp³-hybridized carbons (Fsp3) is 0.357. The van der Waals surface area contributed by atoms with E-state index in [1.54, 1.807) is 18.2 Å². The zero-order valence-electron chi connectivity index (χ0n) is 11.6. The molecule has 0 radical (unpaired) electrons. The minimum atomic E-state index is -0.429. The number of hydrogen-bond acceptors (Lipinski definition) is 6. The van der Waals surface area contributed by atoms with Gasteiger partial charge in [-0.3, -0.25) is 10.1 Å². The molecule has 1 fully saturated rings. The summed E-state index contributed by atoms with van der Waals surface area (Å²) in [4.78, 5) is 13.6. The van der Waals surface area contributed by atoms with Crippen LogP contribution in [0.25, 0.3) is 0 Å². The van der Waals surface area contributed by atoms with Crippen molar-refractivity contribution in [1.82, 2.24) is 4.90 Å². The highest BCUT2D eigenvalue weighted by molar-refractivity contribution is 8.03. The predicted molar refractivity (Wildman–Crippen MR) is 79.7 cm³/mol. The fourth-order valence-electron chi connectivity index (χ4n) is 2.02. The zero-order chi connectivity index (χ0) is 15.2. The Balaban J connectivity index is 2.27. The molecule has 1 heterocycles. The maximum atomic E-state index is 11.0. The summed E-state index contributed by atoms with van der Waals surface area (Å²) in [5, 5.41) is 20.4. The number of morpholine rings is 1. The first kappa shape index (κ1) is 15.4. The summed E-state index contributed by atoms with van der Waals surface area (Å²) in [6.45, 7) is 4.59. The molecule has 0 saturated carbocycles. The van der Waals surface area contributed by atoms with Crippen molar-refractivity contribution in [3.8, 4) is 6.07 Å². The van der Waals surface area contributed by atoms with Gasteiger partial charge in [-0.25, -0.2) is 0 Å². The molecule has 0 amide bonds. The first-order valence-corrected chi connectivity index (χ1v) is 7.30. The average Bonchev–Trinajstić information content (AvgIpc) is 2.53. The Morgan fingerprint density at radius 3 is 2.71 bits per heavy atom. The van der Waals surface area contributed by atoms with Gasteiger partial charge in [-0.05, 0) is 13.0 Å². The van der Waals surface area contributed by atoms with Crippen molar-refractivity contribution in [2.75, 3.05) is 26.3 Å². The molecule has 2 rings (SSSR count). The highest BCUT2D eigenvalue weighted by Gasteiger charge is 2.19. The minimum absolute atomic E-state index is 0.0185. The van der Waals surface area contributed by atoms with Crippen molar-refractivity contribution in [3.63, 3.8) is 0 Å². The lowest BCUT2D eigenvalue weighted by atomic mass is 10.3. The summed E-state index contributed by atoms with van der Waals surface area (Å²) < 4.78 is 5.29. The van der Waals surface area contributed by atoms with Crippen LogP contribution in [-0.4, -0.2) is 36.1 Å². The number of allylic oxidation sites excluding steroid dienone is 2. The number of para-hydroxylation sites is 1. The van der Waals surface area contributed by atoms with Gasteiger partial charge in [0.15, 0.2) is 0 Å². The van der Waals surface area contributed by atoms with Gasteiger partial charge in [-0.1, -0.05) is 23.9 Å². The van der Waals surface area contributed by atoms with Crippen LogP contribution in [0.4, 0.5) is 5.69 Å². The molecule has 1 aliphatic rings. The number of nitrogens with zero attached hydrogens (tertiary/aromatic N) is 3. The lowest BCUT2D eigenvalue weighted by Crippen LogP contribution is -2.35. The Kier molecular flexibility index (Phi) is 5.20. The summed E-state index contributed by atoms with van der Waals surface area (Å²) in [5.41, 5.74) is 0.856. The number of nitriles is 1. The number of nitro benzene ring substituents is 1. The minimum Gasteiger partial charge on any atom is -0.378 e. The van der Waals surface area contributed by atoms with E-state index in [2.05, 4.69) is 11.0 Å². The zero-order valence-corrected chi connectivity index (χ0v) is 12.4. The second-order valence-corrected chi connectivity index (χ2v) is 5.50. The van der Waals surface area contributed by atoms with Gasteiger partial charge in [0.25, 0.3) is 5.69 Å². The number of nitro groups is 1. The van der Waals surface area contributed by atoms with Crippen LogP contribution < -0.4 is 0 Å². The highest BCUT2D eigenvalue weighted by atomic mass is 32.2. The van der Waals surface area contributed by atoms with E-state index in [0.717, 1.165) is 30.5 Å². The second-order valence-electron chi connectivity index (χ2n) is 4.45. The Morgan fingerprint density at radius 1 is 1.43 bits per heavy atom. The van der Waals surface area contributed by atoms with Crippen LogP contribution in [0, 0.1) is 21.4 Å². The molecule has 6 nitrogen and oxygen atoms in total. The van der Waals surface area contributed by atoms with E-state index in [9.17, 15) is 15.4 Å². The number of ether oxygens (including phenoxy) is 1. The van der Waals surface area contributed by atoms with Gasteiger partial charge < -0.3 is 9.64 Å². The number of hydrogen-bond donors (Lipinski definition) is 0.